The van der Waals surface area contributed by atoms with E-state index in [0.717, 1.165) is 23.4 Å². The summed E-state index contributed by atoms with van der Waals surface area (Å²) < 4.78 is 8.99. The minimum absolute atomic E-state index is 0.190. The van der Waals surface area contributed by atoms with Gasteiger partial charge >= 0.3 is 5.97 Å². The predicted molar refractivity (Wildman–Crippen MR) is 115 cm³/mol. The standard InChI is InChI=1S/C22H22N4O3S/c1-5-25-12-16(13(2)24-25)11-17-20(27)26-19(15-9-7-6-8-10-15)18(21(28)29-4)14(3)23-22(26)30-17/h6-12,19H,5H2,1-4H3/b17-11+/t19-/m1/s1. The molecule has 0 unspecified atom stereocenters. The van der Waals surface area contributed by atoms with Crippen LogP contribution in [-0.4, -0.2) is 27.4 Å². The second-order valence-electron chi connectivity index (χ2n) is 7.01. The lowest BCUT2D eigenvalue weighted by Crippen LogP contribution is -2.39. The van der Waals surface area contributed by atoms with Gasteiger partial charge in [0, 0.05) is 18.3 Å². The number of fused-ring (bicyclic) bond motifs is 1. The van der Waals surface area contributed by atoms with Gasteiger partial charge in [0.1, 0.15) is 0 Å². The van der Waals surface area contributed by atoms with E-state index in [1.165, 1.54) is 18.4 Å². The molecule has 154 valence electrons. The van der Waals surface area contributed by atoms with Crippen molar-refractivity contribution in [1.82, 2.24) is 14.3 Å². The number of aromatic nitrogens is 3. The summed E-state index contributed by atoms with van der Waals surface area (Å²) in [4.78, 5) is 31.1. The first-order valence-corrected chi connectivity index (χ1v) is 10.5. The van der Waals surface area contributed by atoms with E-state index in [4.69, 9.17) is 4.74 Å². The fraction of sp³-hybridized carbons (Fsp3) is 0.273. The van der Waals surface area contributed by atoms with Crippen molar-refractivity contribution in [3.05, 3.63) is 84.3 Å². The van der Waals surface area contributed by atoms with Crippen molar-refractivity contribution < 1.29 is 9.53 Å². The molecule has 2 aromatic heterocycles. The summed E-state index contributed by atoms with van der Waals surface area (Å²) in [6.07, 6.45) is 3.77. The van der Waals surface area contributed by atoms with Crippen molar-refractivity contribution >= 4 is 23.4 Å². The maximum Gasteiger partial charge on any atom is 0.338 e. The van der Waals surface area contributed by atoms with Crippen LogP contribution in [0.15, 0.2) is 57.6 Å². The largest absolute Gasteiger partial charge is 0.466 e. The number of allylic oxidation sites excluding steroid dienone is 1. The number of hydrogen-bond donors (Lipinski definition) is 0. The zero-order chi connectivity index (χ0) is 21.4. The summed E-state index contributed by atoms with van der Waals surface area (Å²) in [5.74, 6) is -0.487. The van der Waals surface area contributed by atoms with Crippen LogP contribution in [0.4, 0.5) is 0 Å². The topological polar surface area (TPSA) is 78.5 Å². The second kappa shape index (κ2) is 7.87. The Morgan fingerprint density at radius 3 is 2.63 bits per heavy atom. The number of rotatable bonds is 4. The average Bonchev–Trinajstić information content (AvgIpc) is 3.26. The minimum atomic E-state index is -0.587. The molecule has 0 aliphatic carbocycles. The van der Waals surface area contributed by atoms with Crippen LogP contribution in [0.5, 0.6) is 0 Å². The van der Waals surface area contributed by atoms with Crippen LogP contribution in [0.3, 0.4) is 0 Å². The number of methoxy groups -OCH3 is 1. The summed E-state index contributed by atoms with van der Waals surface area (Å²) in [6.45, 7) is 6.46. The molecule has 3 aromatic rings. The molecule has 3 heterocycles. The first kappa shape index (κ1) is 20.0. The first-order valence-electron chi connectivity index (χ1n) is 9.64. The fourth-order valence-corrected chi connectivity index (χ4v) is 4.66. The molecule has 4 rings (SSSR count). The smallest absolute Gasteiger partial charge is 0.338 e. The summed E-state index contributed by atoms with van der Waals surface area (Å²) in [7, 11) is 1.34. The van der Waals surface area contributed by atoms with E-state index >= 15 is 0 Å². The van der Waals surface area contributed by atoms with Gasteiger partial charge in [-0.2, -0.15) is 5.10 Å². The van der Waals surface area contributed by atoms with Crippen LogP contribution in [0, 0.1) is 6.92 Å². The van der Waals surface area contributed by atoms with Crippen LogP contribution in [-0.2, 0) is 16.1 Å². The number of benzene rings is 1. The Labute approximate surface area is 177 Å². The Kier molecular flexibility index (Phi) is 5.26. The highest BCUT2D eigenvalue weighted by molar-refractivity contribution is 7.07. The number of carbonyl (C=O) groups is 1. The number of hydrogen-bond acceptors (Lipinski definition) is 6. The number of thiazole rings is 1. The third-order valence-corrected chi connectivity index (χ3v) is 6.12. The van der Waals surface area contributed by atoms with E-state index < -0.39 is 12.0 Å². The van der Waals surface area contributed by atoms with Crippen molar-refractivity contribution in [2.45, 2.75) is 33.4 Å². The zero-order valence-corrected chi connectivity index (χ0v) is 18.1. The Bertz CT molecular complexity index is 1330. The molecule has 0 spiro atoms. The highest BCUT2D eigenvalue weighted by Gasteiger charge is 2.32. The first-order chi connectivity index (χ1) is 14.4. The van der Waals surface area contributed by atoms with Crippen molar-refractivity contribution in [3.63, 3.8) is 0 Å². The minimum Gasteiger partial charge on any atom is -0.466 e. The molecular weight excluding hydrogens is 400 g/mol. The Morgan fingerprint density at radius 2 is 2.00 bits per heavy atom. The van der Waals surface area contributed by atoms with Gasteiger partial charge in [-0.25, -0.2) is 9.79 Å². The van der Waals surface area contributed by atoms with Crippen LogP contribution < -0.4 is 14.9 Å². The maximum absolute atomic E-state index is 13.4. The van der Waals surface area contributed by atoms with Crippen molar-refractivity contribution in [2.75, 3.05) is 7.11 Å². The molecule has 1 atom stereocenters. The van der Waals surface area contributed by atoms with E-state index in [-0.39, 0.29) is 5.56 Å². The molecule has 30 heavy (non-hydrogen) atoms. The molecular formula is C22H22N4O3S. The lowest BCUT2D eigenvalue weighted by molar-refractivity contribution is -0.136. The van der Waals surface area contributed by atoms with Crippen LogP contribution in [0.1, 0.15) is 36.7 Å². The van der Waals surface area contributed by atoms with Gasteiger partial charge in [0.2, 0.25) is 0 Å². The van der Waals surface area contributed by atoms with Gasteiger partial charge in [-0.05, 0) is 32.4 Å². The van der Waals surface area contributed by atoms with Crippen LogP contribution >= 0.6 is 11.3 Å². The van der Waals surface area contributed by atoms with Gasteiger partial charge in [0.25, 0.3) is 5.56 Å². The van der Waals surface area contributed by atoms with E-state index in [0.29, 0.717) is 20.6 Å². The van der Waals surface area contributed by atoms with Gasteiger partial charge in [-0.3, -0.25) is 14.0 Å². The number of nitrogens with zero attached hydrogens (tertiary/aromatic N) is 4. The van der Waals surface area contributed by atoms with Gasteiger partial charge in [-0.1, -0.05) is 41.7 Å². The number of ether oxygens (including phenoxy) is 1. The number of carbonyl (C=O) groups excluding carboxylic acids is 1. The van der Waals surface area contributed by atoms with Gasteiger partial charge < -0.3 is 4.74 Å². The average molecular weight is 423 g/mol. The van der Waals surface area contributed by atoms with Crippen LogP contribution in [0.25, 0.3) is 6.08 Å². The summed E-state index contributed by atoms with van der Waals surface area (Å²) >= 11 is 1.31. The Balaban J connectivity index is 1.97. The SMILES string of the molecule is CCn1cc(/C=c2/sc3n(c2=O)[C@H](c2ccccc2)C(C(=O)OC)=C(C)N=3)c(C)n1. The van der Waals surface area contributed by atoms with Crippen molar-refractivity contribution in [3.8, 4) is 0 Å². The quantitative estimate of drug-likeness (QED) is 0.602. The molecule has 0 saturated carbocycles. The van der Waals surface area contributed by atoms with E-state index in [1.807, 2.05) is 61.1 Å². The normalized spacial score (nSPS) is 16.4. The molecule has 0 bridgehead atoms. The van der Waals surface area contributed by atoms with Gasteiger partial charge in [-0.15, -0.1) is 0 Å². The molecule has 7 nitrogen and oxygen atoms in total. The third-order valence-electron chi connectivity index (χ3n) is 5.14. The number of aryl methyl sites for hydroxylation is 2. The van der Waals surface area contributed by atoms with Gasteiger partial charge in [0.15, 0.2) is 4.80 Å². The Morgan fingerprint density at radius 1 is 1.27 bits per heavy atom. The molecule has 0 radical (unpaired) electrons. The highest BCUT2D eigenvalue weighted by atomic mass is 32.1. The molecule has 0 saturated heterocycles. The molecule has 0 fully saturated rings. The van der Waals surface area contributed by atoms with Gasteiger partial charge in [0.05, 0.1) is 34.6 Å². The monoisotopic (exact) mass is 422 g/mol. The van der Waals surface area contributed by atoms with E-state index in [2.05, 4.69) is 10.1 Å². The van der Waals surface area contributed by atoms with E-state index in [1.54, 1.807) is 11.5 Å². The summed E-state index contributed by atoms with van der Waals surface area (Å²) in [6, 6.07) is 8.89. The zero-order valence-electron chi connectivity index (χ0n) is 17.2. The molecule has 8 heteroatoms. The summed E-state index contributed by atoms with van der Waals surface area (Å²) in [5.41, 5.74) is 3.31. The molecule has 1 aliphatic heterocycles. The lowest BCUT2D eigenvalue weighted by atomic mass is 9.96. The molecule has 0 amide bonds. The van der Waals surface area contributed by atoms with Crippen LogP contribution in [0.2, 0.25) is 0 Å². The van der Waals surface area contributed by atoms with E-state index in [9.17, 15) is 9.59 Å². The van der Waals surface area contributed by atoms with Crippen molar-refractivity contribution in [1.29, 1.82) is 0 Å². The third kappa shape index (κ3) is 3.33. The lowest BCUT2D eigenvalue weighted by Gasteiger charge is -2.24. The fourth-order valence-electron chi connectivity index (χ4n) is 3.62. The predicted octanol–water partition coefficient (Wildman–Crippen LogP) is 1.93. The molecule has 1 aromatic carbocycles. The molecule has 1 aliphatic rings. The maximum atomic E-state index is 13.4. The second-order valence-corrected chi connectivity index (χ2v) is 8.02. The summed E-state index contributed by atoms with van der Waals surface area (Å²) in [5, 5.41) is 4.45. The molecule has 0 N–H and O–H groups in total. The Hall–Kier alpha value is -3.26. The van der Waals surface area contributed by atoms with Crippen molar-refractivity contribution in [2.24, 2.45) is 4.99 Å². The highest BCUT2D eigenvalue weighted by Crippen LogP contribution is 2.30. The number of esters is 1.